The highest BCUT2D eigenvalue weighted by atomic mass is 14.9. The van der Waals surface area contributed by atoms with Crippen LogP contribution in [-0.4, -0.2) is 19.9 Å². The molecule has 2 heterocycles. The largest absolute Gasteiger partial charge is 0.228 e. The Kier molecular flexibility index (Phi) is 13.3. The highest BCUT2D eigenvalue weighted by Crippen LogP contribution is 2.65. The third-order valence-corrected chi connectivity index (χ3v) is 23.1. The summed E-state index contributed by atoms with van der Waals surface area (Å²) < 4.78 is 0. The predicted molar refractivity (Wildman–Crippen MR) is 417 cm³/mol. The smallest absolute Gasteiger partial charge is 0.160 e. The van der Waals surface area contributed by atoms with Gasteiger partial charge in [0, 0.05) is 44.2 Å². The maximum Gasteiger partial charge on any atom is 0.160 e. The van der Waals surface area contributed by atoms with Gasteiger partial charge in [-0.2, -0.15) is 0 Å². The summed E-state index contributed by atoms with van der Waals surface area (Å²) in [6, 6.07) is 128. The first kappa shape index (κ1) is 59.5. The van der Waals surface area contributed by atoms with Gasteiger partial charge in [-0.1, -0.05) is 342 Å². The highest BCUT2D eigenvalue weighted by Gasteiger charge is 2.56. The van der Waals surface area contributed by atoms with Crippen molar-refractivity contribution in [3.05, 3.63) is 418 Å². The van der Waals surface area contributed by atoms with Crippen molar-refractivity contribution in [2.75, 3.05) is 0 Å². The van der Waals surface area contributed by atoms with E-state index in [1.54, 1.807) is 0 Å². The molecule has 0 unspecified atom stereocenters. The Morgan fingerprint density at radius 1 is 0.225 bits per heavy atom. The van der Waals surface area contributed by atoms with Crippen LogP contribution in [0, 0.1) is 0 Å². The molecule has 0 saturated heterocycles. The molecule has 0 aliphatic heterocycles. The van der Waals surface area contributed by atoms with E-state index >= 15 is 0 Å². The zero-order valence-electron chi connectivity index (χ0n) is 56.9. The lowest BCUT2D eigenvalue weighted by molar-refractivity contribution is 0.514. The van der Waals surface area contributed by atoms with Crippen LogP contribution >= 0.6 is 0 Å². The molecule has 4 heteroatoms. The Morgan fingerprint density at radius 2 is 0.627 bits per heavy atom. The fraction of sp³-hybridized carbons (Fsp3) is 0.0816. The first-order chi connectivity index (χ1) is 50.2. The minimum absolute atomic E-state index is 0.208. The molecule has 0 atom stereocenters. The van der Waals surface area contributed by atoms with E-state index in [1.165, 1.54) is 100.0 Å². The van der Waals surface area contributed by atoms with Crippen LogP contribution in [0.15, 0.2) is 346 Å². The molecular formula is C98H68N4. The van der Waals surface area contributed by atoms with Gasteiger partial charge in [-0.05, 0) is 147 Å². The molecule has 0 saturated carbocycles. The first-order valence-corrected chi connectivity index (χ1v) is 35.6. The Bertz CT molecular complexity index is 6020. The summed E-state index contributed by atoms with van der Waals surface area (Å²) in [5.41, 5.74) is 31.9. The topological polar surface area (TPSA) is 51.6 Å². The van der Waals surface area contributed by atoms with Crippen molar-refractivity contribution in [1.82, 2.24) is 19.9 Å². The van der Waals surface area contributed by atoms with Crippen molar-refractivity contribution in [2.45, 2.75) is 48.9 Å². The number of rotatable bonds is 9. The van der Waals surface area contributed by atoms with Crippen LogP contribution in [0.3, 0.4) is 0 Å². The van der Waals surface area contributed by atoms with Crippen molar-refractivity contribution in [3.8, 4) is 101 Å². The number of nitrogens with zero attached hydrogens (tertiary/aromatic N) is 4. The molecule has 0 amide bonds. The average Bonchev–Trinajstić information content (AvgIpc) is 1.45. The van der Waals surface area contributed by atoms with Gasteiger partial charge in [-0.3, -0.25) is 0 Å². The zero-order chi connectivity index (χ0) is 67.9. The van der Waals surface area contributed by atoms with Crippen LogP contribution in [0.1, 0.15) is 93.1 Å². The van der Waals surface area contributed by atoms with Crippen molar-refractivity contribution in [2.24, 2.45) is 0 Å². The van der Waals surface area contributed by atoms with Gasteiger partial charge in [0.1, 0.15) is 0 Å². The summed E-state index contributed by atoms with van der Waals surface area (Å²) in [5, 5.41) is 2.34. The van der Waals surface area contributed by atoms with Crippen molar-refractivity contribution < 1.29 is 0 Å². The number of aromatic nitrogens is 4. The molecule has 14 aromatic carbocycles. The summed E-state index contributed by atoms with van der Waals surface area (Å²) in [5.74, 6) is 1.38. The molecular weight excluding hydrogens is 1230 g/mol. The third-order valence-electron chi connectivity index (χ3n) is 23.1. The third kappa shape index (κ3) is 8.69. The Morgan fingerprint density at radius 3 is 1.25 bits per heavy atom. The highest BCUT2D eigenvalue weighted by molar-refractivity contribution is 5.98. The molecule has 0 N–H and O–H groups in total. The number of hydrogen-bond donors (Lipinski definition) is 0. The second-order valence-electron chi connectivity index (χ2n) is 28.9. The molecule has 0 bridgehead atoms. The van der Waals surface area contributed by atoms with Gasteiger partial charge in [0.15, 0.2) is 11.6 Å². The molecule has 480 valence electrons. The van der Waals surface area contributed by atoms with Gasteiger partial charge in [0.05, 0.1) is 33.6 Å². The minimum Gasteiger partial charge on any atom is -0.228 e. The van der Waals surface area contributed by atoms with Crippen LogP contribution in [0.4, 0.5) is 0 Å². The van der Waals surface area contributed by atoms with Crippen LogP contribution in [0.25, 0.3) is 112 Å². The van der Waals surface area contributed by atoms with Crippen LogP contribution < -0.4 is 0 Å². The zero-order valence-corrected chi connectivity index (χ0v) is 56.9. The van der Waals surface area contributed by atoms with E-state index in [4.69, 9.17) is 19.9 Å². The van der Waals surface area contributed by atoms with Crippen LogP contribution in [0.5, 0.6) is 0 Å². The molecule has 0 fully saturated rings. The van der Waals surface area contributed by atoms with E-state index in [1.807, 2.05) is 0 Å². The van der Waals surface area contributed by atoms with E-state index in [9.17, 15) is 0 Å². The van der Waals surface area contributed by atoms with E-state index in [0.717, 1.165) is 79.1 Å². The van der Waals surface area contributed by atoms with Crippen LogP contribution in [0.2, 0.25) is 0 Å². The van der Waals surface area contributed by atoms with E-state index < -0.39 is 16.2 Å². The monoisotopic (exact) mass is 1300 g/mol. The van der Waals surface area contributed by atoms with Crippen molar-refractivity contribution in [1.29, 1.82) is 0 Å². The summed E-state index contributed by atoms with van der Waals surface area (Å²) in [7, 11) is 0. The molecule has 0 radical (unpaired) electrons. The minimum atomic E-state index is -0.642. The fourth-order valence-electron chi connectivity index (χ4n) is 18.7. The van der Waals surface area contributed by atoms with Gasteiger partial charge >= 0.3 is 0 Å². The summed E-state index contributed by atoms with van der Waals surface area (Å²) in [4.78, 5) is 22.1. The number of benzene rings is 14. The first-order valence-electron chi connectivity index (χ1n) is 35.6. The molecule has 2 spiro atoms. The fourth-order valence-corrected chi connectivity index (χ4v) is 18.7. The van der Waals surface area contributed by atoms with Gasteiger partial charge in [-0.25, -0.2) is 19.9 Å². The lowest BCUT2D eigenvalue weighted by atomic mass is 9.54. The molecule has 16 aromatic rings. The van der Waals surface area contributed by atoms with Crippen molar-refractivity contribution >= 4 is 10.8 Å². The van der Waals surface area contributed by atoms with Gasteiger partial charge in [-0.15, -0.1) is 0 Å². The summed E-state index contributed by atoms with van der Waals surface area (Å²) in [6.07, 6.45) is 0.758. The molecule has 20 rings (SSSR count). The quantitative estimate of drug-likeness (QED) is 0.145. The lowest BCUT2D eigenvalue weighted by Crippen LogP contribution is -2.43. The molecule has 102 heavy (non-hydrogen) atoms. The van der Waals surface area contributed by atoms with E-state index in [2.05, 4.69) is 367 Å². The second-order valence-corrected chi connectivity index (χ2v) is 28.9. The van der Waals surface area contributed by atoms with Gasteiger partial charge in [0.25, 0.3) is 0 Å². The molecule has 4 aliphatic carbocycles. The van der Waals surface area contributed by atoms with Gasteiger partial charge < -0.3 is 0 Å². The van der Waals surface area contributed by atoms with E-state index in [0.29, 0.717) is 11.6 Å². The average molecular weight is 1300 g/mol. The molecule has 4 aliphatic rings. The maximum atomic E-state index is 5.70. The van der Waals surface area contributed by atoms with Crippen molar-refractivity contribution in [3.63, 3.8) is 0 Å². The number of hydrogen-bond acceptors (Lipinski definition) is 4. The summed E-state index contributed by atoms with van der Waals surface area (Å²) >= 11 is 0. The number of fused-ring (bicyclic) bond motifs is 19. The Balaban J connectivity index is 0.706. The predicted octanol–water partition coefficient (Wildman–Crippen LogP) is 23.3. The van der Waals surface area contributed by atoms with Crippen LogP contribution in [-0.2, 0) is 28.1 Å². The standard InChI is InChI=1S/C98H68N4/c1-95(2)78-43-18-22-47-82(78)98(83-48-23-19-44-79(83)95)76-41-16-14-37-71(76)72-55-54-69(58-87(72)98)94-100-88(64-30-6-4-7-31-64)59-90(101-94)73-38-13-12-36-70(73)67-35-26-28-62(56-67)61-96(3)80-45-20-24-49-84(80)97(85-50-25-21-46-81(85)96)77-42-17-15-39-74(77)92-75(40-27-51-86(92)97)91-60-89(65-32-8-5-9-33-65)99-93(102-91)68-53-52-63-29-10-11-34-66(63)57-68/h4-60H,61H2,1-3H3. The Labute approximate surface area is 595 Å². The molecule has 2 aromatic heterocycles. The Hall–Kier alpha value is -12.5. The van der Waals surface area contributed by atoms with E-state index in [-0.39, 0.29) is 5.41 Å². The summed E-state index contributed by atoms with van der Waals surface area (Å²) in [6.45, 7) is 7.25. The molecule has 4 nitrogen and oxygen atoms in total. The SMILES string of the molecule is CC1(C)c2ccccc2C2(c3ccccc3-c3ccc(-c4nc(-c5ccccc5)cc(-c5ccccc5-c5cccc(CC6(C)c7ccccc7C7(c8ccccc8-c8c(-c9cc(-c%10ccccc%10)nc(-c%10ccc%11ccccc%11c%10)n9)cccc87)c7ccccc76)c5)n4)cc32)c2ccccc21. The lowest BCUT2D eigenvalue weighted by Gasteiger charge is -2.48. The maximum absolute atomic E-state index is 5.70. The second kappa shape index (κ2) is 22.8. The van der Waals surface area contributed by atoms with Gasteiger partial charge in [0.2, 0.25) is 0 Å². The normalized spacial score (nSPS) is 15.5.